The molecule has 1 heterocycles. The maximum Gasteiger partial charge on any atom is 0.110 e. The van der Waals surface area contributed by atoms with E-state index in [9.17, 15) is 0 Å². The summed E-state index contributed by atoms with van der Waals surface area (Å²) in [6.07, 6.45) is 2.51. The number of nitrogens with one attached hydrogen (secondary N) is 2. The van der Waals surface area contributed by atoms with Gasteiger partial charge >= 0.3 is 0 Å². The van der Waals surface area contributed by atoms with Crippen LogP contribution in [0.1, 0.15) is 17.1 Å². The highest BCUT2D eigenvalue weighted by Crippen LogP contribution is 2.22. The van der Waals surface area contributed by atoms with Crippen molar-refractivity contribution >= 4 is 23.2 Å². The fourth-order valence-corrected chi connectivity index (χ4v) is 2.10. The van der Waals surface area contributed by atoms with Crippen molar-refractivity contribution in [1.82, 2.24) is 15.3 Å². The van der Waals surface area contributed by atoms with Crippen molar-refractivity contribution in [2.24, 2.45) is 0 Å². The maximum absolute atomic E-state index is 6.11. The van der Waals surface area contributed by atoms with Crippen LogP contribution in [0.15, 0.2) is 24.4 Å². The van der Waals surface area contributed by atoms with E-state index in [1.54, 1.807) is 6.07 Å². The Bertz CT molecular complexity index is 508. The van der Waals surface area contributed by atoms with Crippen LogP contribution < -0.4 is 5.32 Å². The molecular formula is C12H13Cl2N3. The monoisotopic (exact) mass is 269 g/mol. The summed E-state index contributed by atoms with van der Waals surface area (Å²) in [7, 11) is 1.90. The number of aromatic amines is 1. The zero-order valence-corrected chi connectivity index (χ0v) is 10.9. The highest BCUT2D eigenvalue weighted by atomic mass is 35.5. The van der Waals surface area contributed by atoms with Crippen LogP contribution in [-0.2, 0) is 13.0 Å². The SMILES string of the molecule is CNCc1cnc(Cc2ccc(Cl)cc2Cl)[nH]1. The number of H-pyrrole nitrogens is 1. The molecular weight excluding hydrogens is 257 g/mol. The van der Waals surface area contributed by atoms with Gasteiger partial charge in [0.05, 0.1) is 0 Å². The Morgan fingerprint density at radius 1 is 1.35 bits per heavy atom. The van der Waals surface area contributed by atoms with Crippen molar-refractivity contribution in [3.8, 4) is 0 Å². The van der Waals surface area contributed by atoms with Crippen LogP contribution in [0.4, 0.5) is 0 Å². The molecule has 3 nitrogen and oxygen atoms in total. The smallest absolute Gasteiger partial charge is 0.110 e. The molecule has 0 saturated carbocycles. The molecule has 0 aliphatic carbocycles. The van der Waals surface area contributed by atoms with Crippen molar-refractivity contribution in [2.75, 3.05) is 7.05 Å². The van der Waals surface area contributed by atoms with Gasteiger partial charge in [-0.25, -0.2) is 4.98 Å². The van der Waals surface area contributed by atoms with Gasteiger partial charge in [0.25, 0.3) is 0 Å². The molecule has 0 spiro atoms. The molecule has 0 radical (unpaired) electrons. The minimum absolute atomic E-state index is 0.647. The van der Waals surface area contributed by atoms with Gasteiger partial charge in [-0.1, -0.05) is 29.3 Å². The van der Waals surface area contributed by atoms with Gasteiger partial charge in [-0.05, 0) is 24.7 Å². The molecule has 90 valence electrons. The number of nitrogens with zero attached hydrogens (tertiary/aromatic N) is 1. The first kappa shape index (κ1) is 12.4. The van der Waals surface area contributed by atoms with E-state index < -0.39 is 0 Å². The Morgan fingerprint density at radius 3 is 2.88 bits per heavy atom. The number of benzene rings is 1. The van der Waals surface area contributed by atoms with Crippen LogP contribution in [0.2, 0.25) is 10.0 Å². The highest BCUT2D eigenvalue weighted by molar-refractivity contribution is 6.35. The lowest BCUT2D eigenvalue weighted by Crippen LogP contribution is -2.05. The minimum Gasteiger partial charge on any atom is -0.345 e. The Labute approximate surface area is 110 Å². The molecule has 0 unspecified atom stereocenters. The van der Waals surface area contributed by atoms with E-state index >= 15 is 0 Å². The summed E-state index contributed by atoms with van der Waals surface area (Å²) in [4.78, 5) is 7.55. The molecule has 2 aromatic rings. The molecule has 17 heavy (non-hydrogen) atoms. The third kappa shape index (κ3) is 3.22. The molecule has 0 fully saturated rings. The third-order valence-electron chi connectivity index (χ3n) is 2.42. The normalized spacial score (nSPS) is 10.8. The van der Waals surface area contributed by atoms with Crippen LogP contribution in [0.5, 0.6) is 0 Å². The van der Waals surface area contributed by atoms with E-state index in [2.05, 4.69) is 15.3 Å². The molecule has 5 heteroatoms. The summed E-state index contributed by atoms with van der Waals surface area (Å²) >= 11 is 12.0. The Balaban J connectivity index is 2.13. The van der Waals surface area contributed by atoms with Gasteiger partial charge in [-0.2, -0.15) is 0 Å². The number of halogens is 2. The van der Waals surface area contributed by atoms with Crippen LogP contribution >= 0.6 is 23.2 Å². The van der Waals surface area contributed by atoms with Crippen molar-refractivity contribution in [1.29, 1.82) is 0 Å². The molecule has 0 amide bonds. The van der Waals surface area contributed by atoms with Crippen LogP contribution in [-0.4, -0.2) is 17.0 Å². The molecule has 2 rings (SSSR count). The van der Waals surface area contributed by atoms with Crippen LogP contribution in [0, 0.1) is 0 Å². The van der Waals surface area contributed by atoms with Crippen LogP contribution in [0.25, 0.3) is 0 Å². The van der Waals surface area contributed by atoms with E-state index in [4.69, 9.17) is 23.2 Å². The average molecular weight is 270 g/mol. The number of hydrogen-bond acceptors (Lipinski definition) is 2. The Kier molecular flexibility index (Phi) is 4.05. The summed E-state index contributed by atoms with van der Waals surface area (Å²) in [6.45, 7) is 0.779. The summed E-state index contributed by atoms with van der Waals surface area (Å²) in [5.74, 6) is 0.902. The molecule has 1 aromatic carbocycles. The lowest BCUT2D eigenvalue weighted by atomic mass is 10.1. The topological polar surface area (TPSA) is 40.7 Å². The predicted molar refractivity (Wildman–Crippen MR) is 70.6 cm³/mol. The van der Waals surface area contributed by atoms with Crippen molar-refractivity contribution in [2.45, 2.75) is 13.0 Å². The highest BCUT2D eigenvalue weighted by Gasteiger charge is 2.05. The van der Waals surface area contributed by atoms with E-state index in [1.165, 1.54) is 0 Å². The Morgan fingerprint density at radius 2 is 2.18 bits per heavy atom. The fraction of sp³-hybridized carbons (Fsp3) is 0.250. The molecule has 0 aliphatic rings. The zero-order chi connectivity index (χ0) is 12.3. The number of imidazole rings is 1. The first-order chi connectivity index (χ1) is 8.19. The quantitative estimate of drug-likeness (QED) is 0.896. The molecule has 0 saturated heterocycles. The zero-order valence-electron chi connectivity index (χ0n) is 9.43. The van der Waals surface area contributed by atoms with E-state index in [0.717, 1.165) is 23.6 Å². The molecule has 0 bridgehead atoms. The third-order valence-corrected chi connectivity index (χ3v) is 3.01. The fourth-order valence-electron chi connectivity index (χ4n) is 1.62. The standard InChI is InChI=1S/C12H13Cl2N3/c1-15-6-10-7-16-12(17-10)4-8-2-3-9(13)5-11(8)14/h2-3,5,7,15H,4,6H2,1H3,(H,16,17). The maximum atomic E-state index is 6.11. The van der Waals surface area contributed by atoms with Gasteiger partial charge in [0.15, 0.2) is 0 Å². The molecule has 1 aromatic heterocycles. The summed E-state index contributed by atoms with van der Waals surface area (Å²) in [5.41, 5.74) is 2.08. The number of hydrogen-bond donors (Lipinski definition) is 2. The van der Waals surface area contributed by atoms with Gasteiger partial charge in [0, 0.05) is 34.9 Å². The van der Waals surface area contributed by atoms with Gasteiger partial charge in [-0.3, -0.25) is 0 Å². The lowest BCUT2D eigenvalue weighted by Gasteiger charge is -2.02. The second-order valence-electron chi connectivity index (χ2n) is 3.80. The molecule has 0 atom stereocenters. The van der Waals surface area contributed by atoms with Gasteiger partial charge in [0.1, 0.15) is 5.82 Å². The number of rotatable bonds is 4. The van der Waals surface area contributed by atoms with E-state index in [1.807, 2.05) is 25.4 Å². The molecule has 0 aliphatic heterocycles. The minimum atomic E-state index is 0.647. The molecule has 2 N–H and O–H groups in total. The first-order valence-corrected chi connectivity index (χ1v) is 6.06. The average Bonchev–Trinajstić information content (AvgIpc) is 2.71. The summed E-state index contributed by atoms with van der Waals surface area (Å²) in [6, 6.07) is 5.50. The summed E-state index contributed by atoms with van der Waals surface area (Å²) < 4.78 is 0. The van der Waals surface area contributed by atoms with Crippen molar-refractivity contribution in [3.63, 3.8) is 0 Å². The second kappa shape index (κ2) is 5.54. The Hall–Kier alpha value is -1.03. The van der Waals surface area contributed by atoms with E-state index in [-0.39, 0.29) is 0 Å². The van der Waals surface area contributed by atoms with E-state index in [0.29, 0.717) is 16.5 Å². The van der Waals surface area contributed by atoms with Crippen molar-refractivity contribution in [3.05, 3.63) is 51.5 Å². The lowest BCUT2D eigenvalue weighted by molar-refractivity contribution is 0.793. The van der Waals surface area contributed by atoms with Gasteiger partial charge < -0.3 is 10.3 Å². The summed E-state index contributed by atoms with van der Waals surface area (Å²) in [5, 5.41) is 4.38. The van der Waals surface area contributed by atoms with Gasteiger partial charge in [0.2, 0.25) is 0 Å². The number of aromatic nitrogens is 2. The van der Waals surface area contributed by atoms with Crippen molar-refractivity contribution < 1.29 is 0 Å². The van der Waals surface area contributed by atoms with Crippen LogP contribution in [0.3, 0.4) is 0 Å². The second-order valence-corrected chi connectivity index (χ2v) is 4.64. The largest absolute Gasteiger partial charge is 0.345 e. The predicted octanol–water partition coefficient (Wildman–Crippen LogP) is 3.03. The first-order valence-electron chi connectivity index (χ1n) is 5.30. The van der Waals surface area contributed by atoms with Gasteiger partial charge in [-0.15, -0.1) is 0 Å².